The van der Waals surface area contributed by atoms with Crippen LogP contribution in [0.1, 0.15) is 21.9 Å². The number of carboxylic acid groups (broad SMARTS) is 1. The van der Waals surface area contributed by atoms with Gasteiger partial charge >= 0.3 is 5.97 Å². The van der Waals surface area contributed by atoms with Gasteiger partial charge in [-0.05, 0) is 32.0 Å². The van der Waals surface area contributed by atoms with Crippen molar-refractivity contribution in [2.75, 3.05) is 0 Å². The second-order valence-electron chi connectivity index (χ2n) is 4.75. The highest BCUT2D eigenvalue weighted by atomic mass is 32.1. The zero-order chi connectivity index (χ0) is 15.0. The van der Waals surface area contributed by atoms with E-state index in [2.05, 4.69) is 4.98 Å². The molecule has 0 radical (unpaired) electrons. The Morgan fingerprint density at radius 1 is 1.24 bits per heavy atom. The second-order valence-corrected chi connectivity index (χ2v) is 5.61. The van der Waals surface area contributed by atoms with Crippen molar-refractivity contribution in [3.63, 3.8) is 0 Å². The van der Waals surface area contributed by atoms with Crippen LogP contribution in [0.3, 0.4) is 0 Å². The Bertz CT molecular complexity index is 799. The Morgan fingerprint density at radius 2 is 1.95 bits per heavy atom. The number of hydrogen-bond acceptors (Lipinski definition) is 4. The highest BCUT2D eigenvalue weighted by molar-refractivity contribution is 7.13. The van der Waals surface area contributed by atoms with Crippen LogP contribution >= 0.6 is 11.3 Å². The summed E-state index contributed by atoms with van der Waals surface area (Å²) in [5.41, 5.74) is 3.06. The minimum atomic E-state index is -0.925. The molecule has 106 valence electrons. The number of aryl methyl sites for hydroxylation is 2. The summed E-state index contributed by atoms with van der Waals surface area (Å²) in [6.07, 6.45) is 0. The molecule has 3 rings (SSSR count). The maximum absolute atomic E-state index is 10.9. The molecule has 0 unspecified atom stereocenters. The number of hydrogen-bond donors (Lipinski definition) is 1. The number of carboxylic acids is 1. The van der Waals surface area contributed by atoms with Crippen molar-refractivity contribution >= 4 is 17.3 Å². The summed E-state index contributed by atoms with van der Waals surface area (Å²) in [4.78, 5) is 15.5. The fourth-order valence-electron chi connectivity index (χ4n) is 2.17. The quantitative estimate of drug-likeness (QED) is 0.779. The van der Waals surface area contributed by atoms with Crippen LogP contribution in [0.15, 0.2) is 40.1 Å². The maximum atomic E-state index is 10.9. The molecule has 0 amide bonds. The van der Waals surface area contributed by atoms with E-state index in [1.54, 1.807) is 24.3 Å². The van der Waals surface area contributed by atoms with Crippen molar-refractivity contribution in [1.29, 1.82) is 0 Å². The van der Waals surface area contributed by atoms with Crippen LogP contribution in [0.5, 0.6) is 0 Å². The van der Waals surface area contributed by atoms with Gasteiger partial charge in [0.15, 0.2) is 0 Å². The molecule has 4 nitrogen and oxygen atoms in total. The van der Waals surface area contributed by atoms with Crippen LogP contribution in [-0.2, 0) is 0 Å². The van der Waals surface area contributed by atoms with Crippen LogP contribution in [0, 0.1) is 13.8 Å². The van der Waals surface area contributed by atoms with Crippen molar-refractivity contribution in [3.05, 3.63) is 52.8 Å². The lowest BCUT2D eigenvalue weighted by molar-refractivity contribution is 0.0697. The highest BCUT2D eigenvalue weighted by Crippen LogP contribution is 2.31. The predicted molar refractivity (Wildman–Crippen MR) is 81.7 cm³/mol. The molecule has 3 aromatic rings. The summed E-state index contributed by atoms with van der Waals surface area (Å²) in [7, 11) is 0. The van der Waals surface area contributed by atoms with Gasteiger partial charge in [-0.2, -0.15) is 0 Å². The van der Waals surface area contributed by atoms with E-state index in [0.29, 0.717) is 0 Å². The number of aromatic carboxylic acids is 1. The van der Waals surface area contributed by atoms with Gasteiger partial charge in [-0.3, -0.25) is 0 Å². The summed E-state index contributed by atoms with van der Waals surface area (Å²) in [6.45, 7) is 3.83. The van der Waals surface area contributed by atoms with Crippen LogP contribution in [0.4, 0.5) is 0 Å². The summed E-state index contributed by atoms with van der Waals surface area (Å²) < 4.78 is 5.53. The Kier molecular flexibility index (Phi) is 3.35. The molecule has 0 saturated heterocycles. The zero-order valence-electron chi connectivity index (χ0n) is 11.6. The molecular formula is C16H13NO3S. The Balaban J connectivity index is 1.94. The lowest BCUT2D eigenvalue weighted by atomic mass is 10.1. The number of thiazole rings is 1. The van der Waals surface area contributed by atoms with Crippen molar-refractivity contribution in [3.8, 4) is 21.8 Å². The van der Waals surface area contributed by atoms with E-state index >= 15 is 0 Å². The molecule has 2 aromatic heterocycles. The predicted octanol–water partition coefficient (Wildman–Crippen LogP) is 4.39. The van der Waals surface area contributed by atoms with Gasteiger partial charge in [-0.15, -0.1) is 11.3 Å². The third-order valence-electron chi connectivity index (χ3n) is 3.20. The van der Waals surface area contributed by atoms with E-state index in [9.17, 15) is 4.79 Å². The number of rotatable bonds is 3. The molecular weight excluding hydrogens is 286 g/mol. The lowest BCUT2D eigenvalue weighted by Gasteiger charge is -1.97. The first-order chi connectivity index (χ1) is 10.0. The van der Waals surface area contributed by atoms with Crippen LogP contribution in [-0.4, -0.2) is 16.1 Å². The topological polar surface area (TPSA) is 63.3 Å². The van der Waals surface area contributed by atoms with Crippen LogP contribution < -0.4 is 0 Å². The van der Waals surface area contributed by atoms with Gasteiger partial charge in [-0.25, -0.2) is 9.78 Å². The molecule has 1 N–H and O–H groups in total. The van der Waals surface area contributed by atoms with Gasteiger partial charge in [0.2, 0.25) is 0 Å². The lowest BCUT2D eigenvalue weighted by Crippen LogP contribution is -1.94. The Morgan fingerprint density at radius 3 is 2.52 bits per heavy atom. The van der Waals surface area contributed by atoms with Crippen LogP contribution in [0.2, 0.25) is 0 Å². The molecule has 0 aliphatic rings. The smallest absolute Gasteiger partial charge is 0.335 e. The first kappa shape index (κ1) is 13.6. The third-order valence-corrected chi connectivity index (χ3v) is 4.09. The Hall–Kier alpha value is -2.40. The van der Waals surface area contributed by atoms with Gasteiger partial charge < -0.3 is 9.52 Å². The molecule has 2 heterocycles. The minimum Gasteiger partial charge on any atom is -0.478 e. The van der Waals surface area contributed by atoms with Crippen molar-refractivity contribution in [2.45, 2.75) is 13.8 Å². The molecule has 0 saturated carbocycles. The number of nitrogens with zero attached hydrogens (tertiary/aromatic N) is 1. The first-order valence-electron chi connectivity index (χ1n) is 6.41. The molecule has 0 aliphatic carbocycles. The molecule has 0 atom stereocenters. The molecule has 0 bridgehead atoms. The number of furan rings is 1. The minimum absolute atomic E-state index is 0.275. The maximum Gasteiger partial charge on any atom is 0.335 e. The van der Waals surface area contributed by atoms with Gasteiger partial charge in [-0.1, -0.05) is 12.1 Å². The number of aromatic nitrogens is 1. The molecule has 1 aromatic carbocycles. The van der Waals surface area contributed by atoms with E-state index in [0.717, 1.165) is 33.3 Å². The Labute approximate surface area is 125 Å². The van der Waals surface area contributed by atoms with E-state index in [1.165, 1.54) is 11.3 Å². The van der Waals surface area contributed by atoms with E-state index in [1.807, 2.05) is 25.3 Å². The molecule has 5 heteroatoms. The standard InChI is InChI=1S/C16H13NO3S/c1-9-7-13(10(2)20-9)14-8-21-15(17-14)11-3-5-12(6-4-11)16(18)19/h3-8H,1-2H3,(H,18,19). The fourth-order valence-corrected chi connectivity index (χ4v) is 3.00. The zero-order valence-corrected chi connectivity index (χ0v) is 12.4. The van der Waals surface area contributed by atoms with Gasteiger partial charge in [0.05, 0.1) is 11.3 Å². The SMILES string of the molecule is Cc1cc(-c2csc(-c3ccc(C(=O)O)cc3)n2)c(C)o1. The molecule has 21 heavy (non-hydrogen) atoms. The van der Waals surface area contributed by atoms with Crippen molar-refractivity contribution in [1.82, 2.24) is 4.98 Å². The fraction of sp³-hybridized carbons (Fsp3) is 0.125. The average molecular weight is 299 g/mol. The molecule has 0 fully saturated rings. The number of benzene rings is 1. The number of carbonyl (C=O) groups is 1. The summed E-state index contributed by atoms with van der Waals surface area (Å²) in [6, 6.07) is 8.71. The van der Waals surface area contributed by atoms with E-state index < -0.39 is 5.97 Å². The van der Waals surface area contributed by atoms with Gasteiger partial charge in [0.1, 0.15) is 16.5 Å². The van der Waals surface area contributed by atoms with Gasteiger partial charge in [0.25, 0.3) is 0 Å². The van der Waals surface area contributed by atoms with Crippen LogP contribution in [0.25, 0.3) is 21.8 Å². The average Bonchev–Trinajstić information content (AvgIpc) is 3.05. The van der Waals surface area contributed by atoms with E-state index in [-0.39, 0.29) is 5.56 Å². The largest absolute Gasteiger partial charge is 0.478 e. The second kappa shape index (κ2) is 5.18. The normalized spacial score (nSPS) is 10.8. The summed E-state index contributed by atoms with van der Waals surface area (Å²) in [5, 5.41) is 11.8. The highest BCUT2D eigenvalue weighted by Gasteiger charge is 2.12. The first-order valence-corrected chi connectivity index (χ1v) is 7.29. The van der Waals surface area contributed by atoms with E-state index in [4.69, 9.17) is 9.52 Å². The van der Waals surface area contributed by atoms with Gasteiger partial charge in [0, 0.05) is 16.5 Å². The summed E-state index contributed by atoms with van der Waals surface area (Å²) in [5.74, 6) is 0.791. The third kappa shape index (κ3) is 2.60. The molecule has 0 spiro atoms. The van der Waals surface area contributed by atoms with Crippen molar-refractivity contribution in [2.24, 2.45) is 0 Å². The molecule has 0 aliphatic heterocycles. The van der Waals surface area contributed by atoms with Crippen molar-refractivity contribution < 1.29 is 14.3 Å². The summed E-state index contributed by atoms with van der Waals surface area (Å²) >= 11 is 1.53. The monoisotopic (exact) mass is 299 g/mol.